The molecular formula is C60H94Cl2N10O8. The van der Waals surface area contributed by atoms with Gasteiger partial charge in [-0.25, -0.2) is 0 Å². The Morgan fingerprint density at radius 3 is 1.23 bits per heavy atom. The van der Waals surface area contributed by atoms with E-state index in [1.807, 2.05) is 77.9 Å². The molecule has 0 saturated carbocycles. The second-order valence-corrected chi connectivity index (χ2v) is 24.6. The molecule has 0 radical (unpaired) electrons. The van der Waals surface area contributed by atoms with Gasteiger partial charge in [-0.2, -0.15) is 0 Å². The van der Waals surface area contributed by atoms with Crippen LogP contribution in [0.25, 0.3) is 0 Å². The van der Waals surface area contributed by atoms with E-state index in [4.69, 9.17) is 0 Å². The zero-order valence-electron chi connectivity index (χ0n) is 49.1. The summed E-state index contributed by atoms with van der Waals surface area (Å²) in [7, 11) is 3.35. The number of halogens is 2. The molecule has 8 amide bonds. The number of rotatable bonds is 23. The second-order valence-electron chi connectivity index (χ2n) is 24.6. The summed E-state index contributed by atoms with van der Waals surface area (Å²) in [6.45, 7) is 15.0. The summed E-state index contributed by atoms with van der Waals surface area (Å²) in [6, 6.07) is 10.4. The van der Waals surface area contributed by atoms with Crippen molar-refractivity contribution in [2.45, 2.75) is 219 Å². The Kier molecular flexibility index (Phi) is 25.8. The molecule has 10 atom stereocenters. The monoisotopic (exact) mass is 1150 g/mol. The van der Waals surface area contributed by atoms with Gasteiger partial charge in [0.25, 0.3) is 0 Å². The van der Waals surface area contributed by atoms with Crippen molar-refractivity contribution in [3.05, 3.63) is 70.8 Å². The fourth-order valence-electron chi connectivity index (χ4n) is 11.5. The SMILES string of the molecule is CN[C@@H](C)C(=O)NC(C(=O)N1C[C@@H](NC(=O)CCCCCCCCC(=O)N[C@H]2C[C@@H](C(=O)N[C@@H]3CCCc4ccccc43)N(C(=O)[C@@H](NC(=O)[C@H](C)NC)C(C)(C)C)C2)C[C@H]1C(=O)N[C@@H]1CCCc2ccccc21)C(C)(C)C.Cl.Cl. The standard InChI is InChI=1S/C60H92N10O8.2ClH/c1-37(61-9)53(73)67-51(59(3,4)5)57(77)69-35-41(33-47(69)55(75)65-45-29-21-25-39-23-17-19-27-43(39)45)63-49(71)31-15-13-11-12-14-16-32-50(72)64-42-34-48(56(76)66-46-30-22-26-40-24-18-20-28-44(40)46)70(36-42)58(78)52(60(6,7)8)68-54(74)38(2)62-10;;/h17-20,23-24,27-28,37-38,41-42,45-48,51-52,61-62H,11-16,21-22,25-26,29-36H2,1-10H3,(H,63,71)(H,64,72)(H,65,75)(H,66,76)(H,67,73)(H,68,74);2*1H/t37-,38-,41-,42-,45+,46+,47-,48-,51+,52?;;/m0../s1. The van der Waals surface area contributed by atoms with Crippen LogP contribution in [0, 0.1) is 10.8 Å². The van der Waals surface area contributed by atoms with Gasteiger partial charge >= 0.3 is 0 Å². The molecule has 6 rings (SSSR count). The number of carbonyl (C=O) groups excluding carboxylic acids is 8. The van der Waals surface area contributed by atoms with Crippen LogP contribution in [0.3, 0.4) is 0 Å². The molecule has 446 valence electrons. The Hall–Kier alpha value is -5.30. The molecule has 2 aliphatic carbocycles. The van der Waals surface area contributed by atoms with E-state index in [0.29, 0.717) is 12.8 Å². The molecule has 2 fully saturated rings. The van der Waals surface area contributed by atoms with Crippen LogP contribution in [0.4, 0.5) is 0 Å². The zero-order chi connectivity index (χ0) is 56.9. The third-order valence-electron chi connectivity index (χ3n) is 16.4. The fraction of sp³-hybridized carbons (Fsp3) is 0.667. The van der Waals surface area contributed by atoms with Crippen LogP contribution >= 0.6 is 24.8 Å². The quantitative estimate of drug-likeness (QED) is 0.0624. The summed E-state index contributed by atoms with van der Waals surface area (Å²) in [4.78, 5) is 114. The molecule has 0 spiro atoms. The van der Waals surface area contributed by atoms with Gasteiger partial charge in [-0.05, 0) is 125 Å². The number of benzene rings is 2. The summed E-state index contributed by atoms with van der Waals surface area (Å²) >= 11 is 0. The lowest BCUT2D eigenvalue weighted by Gasteiger charge is -2.36. The van der Waals surface area contributed by atoms with Gasteiger partial charge in [0.1, 0.15) is 24.2 Å². The van der Waals surface area contributed by atoms with Crippen molar-refractivity contribution in [1.29, 1.82) is 0 Å². The van der Waals surface area contributed by atoms with Crippen molar-refractivity contribution >= 4 is 72.1 Å². The molecule has 2 aromatic rings. The van der Waals surface area contributed by atoms with Gasteiger partial charge in [0.15, 0.2) is 0 Å². The van der Waals surface area contributed by atoms with Gasteiger partial charge in [-0.15, -0.1) is 24.8 Å². The number of unbranched alkanes of at least 4 members (excludes halogenated alkanes) is 5. The van der Waals surface area contributed by atoms with Crippen LogP contribution < -0.4 is 42.5 Å². The highest BCUT2D eigenvalue weighted by Crippen LogP contribution is 2.34. The third-order valence-corrected chi connectivity index (χ3v) is 16.4. The van der Waals surface area contributed by atoms with Gasteiger partial charge in [0.2, 0.25) is 47.3 Å². The van der Waals surface area contributed by atoms with E-state index in [9.17, 15) is 38.4 Å². The number of fused-ring (bicyclic) bond motifs is 2. The molecule has 20 heteroatoms. The van der Waals surface area contributed by atoms with Crippen LogP contribution in [0.2, 0.25) is 0 Å². The molecule has 0 aromatic heterocycles. The van der Waals surface area contributed by atoms with Crippen LogP contribution in [-0.4, -0.2) is 133 Å². The molecule has 18 nitrogen and oxygen atoms in total. The second kappa shape index (κ2) is 30.7. The minimum Gasteiger partial charge on any atom is -0.351 e. The average Bonchev–Trinajstić information content (AvgIpc) is 4.03. The highest BCUT2D eigenvalue weighted by Gasteiger charge is 2.48. The number of nitrogens with zero attached hydrogens (tertiary/aromatic N) is 2. The lowest BCUT2D eigenvalue weighted by Crippen LogP contribution is -2.59. The third kappa shape index (κ3) is 18.1. The van der Waals surface area contributed by atoms with E-state index >= 15 is 0 Å². The van der Waals surface area contributed by atoms with Gasteiger partial charge in [0, 0.05) is 38.0 Å². The van der Waals surface area contributed by atoms with E-state index in [1.165, 1.54) is 11.1 Å². The number of carbonyl (C=O) groups is 8. The minimum absolute atomic E-state index is 0. The predicted molar refractivity (Wildman–Crippen MR) is 316 cm³/mol. The summed E-state index contributed by atoms with van der Waals surface area (Å²) in [5.74, 6) is -2.23. The Labute approximate surface area is 487 Å². The summed E-state index contributed by atoms with van der Waals surface area (Å²) in [5, 5.41) is 24.4. The number of nitrogens with one attached hydrogen (secondary N) is 8. The Bertz CT molecular complexity index is 2280. The highest BCUT2D eigenvalue weighted by atomic mass is 35.5. The van der Waals surface area contributed by atoms with Crippen molar-refractivity contribution in [1.82, 2.24) is 52.3 Å². The first-order valence-corrected chi connectivity index (χ1v) is 28.9. The van der Waals surface area contributed by atoms with Crippen molar-refractivity contribution in [3.8, 4) is 0 Å². The maximum absolute atomic E-state index is 14.5. The first kappa shape index (κ1) is 67.2. The number of likely N-dealkylation sites (tertiary alicyclic amines) is 2. The average molecular weight is 1150 g/mol. The smallest absolute Gasteiger partial charge is 0.246 e. The van der Waals surface area contributed by atoms with E-state index in [1.54, 1.807) is 37.7 Å². The van der Waals surface area contributed by atoms with Gasteiger partial charge in [-0.1, -0.05) is 116 Å². The van der Waals surface area contributed by atoms with Crippen LogP contribution in [-0.2, 0) is 51.2 Å². The number of likely N-dealkylation sites (N-methyl/N-ethyl adjacent to an activating group) is 2. The molecule has 8 N–H and O–H groups in total. The number of amides is 8. The molecule has 2 heterocycles. The first-order valence-electron chi connectivity index (χ1n) is 28.9. The topological polar surface area (TPSA) is 239 Å². The molecule has 0 bridgehead atoms. The molecule has 80 heavy (non-hydrogen) atoms. The van der Waals surface area contributed by atoms with Gasteiger partial charge in [-0.3, -0.25) is 38.4 Å². The van der Waals surface area contributed by atoms with E-state index in [0.717, 1.165) is 75.3 Å². The number of hydrogen-bond donors (Lipinski definition) is 8. The molecule has 4 aliphatic rings. The molecule has 2 aliphatic heterocycles. The fourth-order valence-corrected chi connectivity index (χ4v) is 11.5. The Morgan fingerprint density at radius 2 is 0.875 bits per heavy atom. The van der Waals surface area contributed by atoms with Crippen molar-refractivity contribution in [2.75, 3.05) is 27.2 Å². The summed E-state index contributed by atoms with van der Waals surface area (Å²) in [5.41, 5.74) is 3.23. The minimum atomic E-state index is -0.911. The summed E-state index contributed by atoms with van der Waals surface area (Å²) in [6.07, 6.45) is 11.1. The zero-order valence-corrected chi connectivity index (χ0v) is 50.7. The van der Waals surface area contributed by atoms with Crippen molar-refractivity contribution in [3.63, 3.8) is 0 Å². The Morgan fingerprint density at radius 1 is 0.525 bits per heavy atom. The van der Waals surface area contributed by atoms with Crippen LogP contribution in [0.1, 0.15) is 180 Å². The molecule has 2 aromatic carbocycles. The lowest BCUT2D eigenvalue weighted by atomic mass is 9.85. The molecule has 2 saturated heterocycles. The van der Waals surface area contributed by atoms with Crippen molar-refractivity contribution in [2.24, 2.45) is 10.8 Å². The molecular weight excluding hydrogens is 1060 g/mol. The maximum atomic E-state index is 14.5. The van der Waals surface area contributed by atoms with E-state index in [2.05, 4.69) is 54.7 Å². The van der Waals surface area contributed by atoms with Gasteiger partial charge in [0.05, 0.1) is 24.2 Å². The van der Waals surface area contributed by atoms with Crippen molar-refractivity contribution < 1.29 is 38.4 Å². The first-order chi connectivity index (χ1) is 37.0. The highest BCUT2D eigenvalue weighted by molar-refractivity contribution is 5.95. The predicted octanol–water partition coefficient (Wildman–Crippen LogP) is 5.79. The van der Waals surface area contributed by atoms with E-state index in [-0.39, 0.29) is 123 Å². The summed E-state index contributed by atoms with van der Waals surface area (Å²) < 4.78 is 0. The van der Waals surface area contributed by atoms with Gasteiger partial charge < -0.3 is 52.3 Å². The van der Waals surface area contributed by atoms with Crippen LogP contribution in [0.15, 0.2) is 48.5 Å². The maximum Gasteiger partial charge on any atom is 0.246 e. The van der Waals surface area contributed by atoms with Crippen LogP contribution in [0.5, 0.6) is 0 Å². The van der Waals surface area contributed by atoms with E-state index < -0.39 is 59.2 Å². The Balaban J connectivity index is 0.00000689. The number of aryl methyl sites for hydroxylation is 2. The largest absolute Gasteiger partial charge is 0.351 e. The number of hydrogen-bond acceptors (Lipinski definition) is 10. The molecule has 1 unspecified atom stereocenters. The normalized spacial score (nSPS) is 22.1. The lowest BCUT2D eigenvalue weighted by molar-refractivity contribution is -0.144.